The third kappa shape index (κ3) is 3.74. The van der Waals surface area contributed by atoms with E-state index in [1.807, 2.05) is 0 Å². The first-order valence-corrected chi connectivity index (χ1v) is 5.73. The summed E-state index contributed by atoms with van der Waals surface area (Å²) in [5.41, 5.74) is 6.38. The molecule has 1 aromatic rings. The third-order valence-electron chi connectivity index (χ3n) is 2.30. The summed E-state index contributed by atoms with van der Waals surface area (Å²) >= 11 is 3.33. The van der Waals surface area contributed by atoms with Gasteiger partial charge in [-0.25, -0.2) is 0 Å². The number of carboxylic acid groups (broad SMARTS) is 1. The molecule has 6 heteroatoms. The van der Waals surface area contributed by atoms with Crippen LogP contribution in [-0.2, 0) is 4.79 Å². The minimum Gasteiger partial charge on any atom is -0.481 e. The first kappa shape index (κ1) is 13.5. The standard InChI is InChI=1S/C11H13BrN2O3/c1-14(5-4-10(15)16)9-3-2-7(11(13)17)6-8(9)12/h2-3,6H,4-5H2,1H3,(H2,13,17)(H,15,16). The smallest absolute Gasteiger partial charge is 0.305 e. The molecule has 1 rings (SSSR count). The SMILES string of the molecule is CN(CCC(=O)O)c1ccc(C(N)=O)cc1Br. The zero-order valence-electron chi connectivity index (χ0n) is 9.31. The van der Waals surface area contributed by atoms with Gasteiger partial charge in [-0.3, -0.25) is 9.59 Å². The van der Waals surface area contributed by atoms with Crippen molar-refractivity contribution in [2.45, 2.75) is 6.42 Å². The number of primary amides is 1. The van der Waals surface area contributed by atoms with Crippen molar-refractivity contribution in [3.05, 3.63) is 28.2 Å². The summed E-state index contributed by atoms with van der Waals surface area (Å²) in [6.07, 6.45) is 0.0561. The van der Waals surface area contributed by atoms with Crippen LogP contribution >= 0.6 is 15.9 Å². The Morgan fingerprint density at radius 3 is 2.59 bits per heavy atom. The quantitative estimate of drug-likeness (QED) is 0.862. The highest BCUT2D eigenvalue weighted by molar-refractivity contribution is 9.10. The molecule has 1 aromatic carbocycles. The highest BCUT2D eigenvalue weighted by Gasteiger charge is 2.09. The molecule has 92 valence electrons. The highest BCUT2D eigenvalue weighted by atomic mass is 79.9. The number of hydrogen-bond acceptors (Lipinski definition) is 3. The van der Waals surface area contributed by atoms with Crippen LogP contribution in [-0.4, -0.2) is 30.6 Å². The molecule has 0 saturated heterocycles. The first-order valence-electron chi connectivity index (χ1n) is 4.94. The molecule has 0 aliphatic heterocycles. The number of carbonyl (C=O) groups is 2. The van der Waals surface area contributed by atoms with E-state index in [2.05, 4.69) is 15.9 Å². The van der Waals surface area contributed by atoms with Crippen LogP contribution in [0, 0.1) is 0 Å². The molecular weight excluding hydrogens is 288 g/mol. The van der Waals surface area contributed by atoms with Crippen molar-refractivity contribution in [3.63, 3.8) is 0 Å². The van der Waals surface area contributed by atoms with Gasteiger partial charge in [0.2, 0.25) is 5.91 Å². The van der Waals surface area contributed by atoms with Gasteiger partial charge in [-0.1, -0.05) is 0 Å². The Hall–Kier alpha value is -1.56. The number of aliphatic carboxylic acids is 1. The second-order valence-corrected chi connectivity index (χ2v) is 4.45. The minimum absolute atomic E-state index is 0.0561. The average Bonchev–Trinajstić information content (AvgIpc) is 2.25. The van der Waals surface area contributed by atoms with Crippen LogP contribution in [0.25, 0.3) is 0 Å². The van der Waals surface area contributed by atoms with Crippen LogP contribution in [0.5, 0.6) is 0 Å². The van der Waals surface area contributed by atoms with Crippen molar-refractivity contribution < 1.29 is 14.7 Å². The van der Waals surface area contributed by atoms with E-state index in [-0.39, 0.29) is 6.42 Å². The second-order valence-electron chi connectivity index (χ2n) is 3.60. The summed E-state index contributed by atoms with van der Waals surface area (Å²) < 4.78 is 0.710. The van der Waals surface area contributed by atoms with Gasteiger partial charge >= 0.3 is 5.97 Å². The zero-order chi connectivity index (χ0) is 13.0. The van der Waals surface area contributed by atoms with E-state index in [4.69, 9.17) is 10.8 Å². The van der Waals surface area contributed by atoms with E-state index in [0.29, 0.717) is 16.6 Å². The summed E-state index contributed by atoms with van der Waals surface area (Å²) in [4.78, 5) is 23.2. The van der Waals surface area contributed by atoms with E-state index >= 15 is 0 Å². The van der Waals surface area contributed by atoms with Crippen molar-refractivity contribution in [2.24, 2.45) is 5.73 Å². The zero-order valence-corrected chi connectivity index (χ0v) is 10.9. The Morgan fingerprint density at radius 1 is 1.47 bits per heavy atom. The van der Waals surface area contributed by atoms with Crippen LogP contribution in [0.4, 0.5) is 5.69 Å². The molecule has 0 aromatic heterocycles. The molecule has 0 radical (unpaired) electrons. The number of benzene rings is 1. The third-order valence-corrected chi connectivity index (χ3v) is 2.94. The summed E-state index contributed by atoms with van der Waals surface area (Å²) in [5.74, 6) is -1.34. The molecule has 0 unspecified atom stereocenters. The van der Waals surface area contributed by atoms with Gasteiger partial charge in [0.05, 0.1) is 12.1 Å². The lowest BCUT2D eigenvalue weighted by Gasteiger charge is -2.20. The maximum atomic E-state index is 11.0. The molecule has 0 spiro atoms. The summed E-state index contributed by atoms with van der Waals surface area (Å²) in [6.45, 7) is 0.393. The number of carbonyl (C=O) groups excluding carboxylic acids is 1. The van der Waals surface area contributed by atoms with E-state index in [1.54, 1.807) is 30.1 Å². The molecule has 0 bridgehead atoms. The van der Waals surface area contributed by atoms with Gasteiger partial charge in [0, 0.05) is 23.6 Å². The van der Waals surface area contributed by atoms with Crippen molar-refractivity contribution in [3.8, 4) is 0 Å². The highest BCUT2D eigenvalue weighted by Crippen LogP contribution is 2.26. The molecule has 0 fully saturated rings. The van der Waals surface area contributed by atoms with Crippen molar-refractivity contribution in [1.82, 2.24) is 0 Å². The molecular formula is C11H13BrN2O3. The first-order chi connectivity index (χ1) is 7.91. The fourth-order valence-corrected chi connectivity index (χ4v) is 2.04. The van der Waals surface area contributed by atoms with Crippen LogP contribution in [0.2, 0.25) is 0 Å². The molecule has 0 aliphatic rings. The molecule has 5 nitrogen and oxygen atoms in total. The van der Waals surface area contributed by atoms with Gasteiger partial charge in [0.15, 0.2) is 0 Å². The number of anilines is 1. The predicted octanol–water partition coefficient (Wildman–Crippen LogP) is 1.46. The topological polar surface area (TPSA) is 83.6 Å². The number of carboxylic acids is 1. The Balaban J connectivity index is 2.84. The van der Waals surface area contributed by atoms with E-state index < -0.39 is 11.9 Å². The molecule has 17 heavy (non-hydrogen) atoms. The van der Waals surface area contributed by atoms with E-state index in [9.17, 15) is 9.59 Å². The van der Waals surface area contributed by atoms with Crippen LogP contribution in [0.3, 0.4) is 0 Å². The summed E-state index contributed by atoms with van der Waals surface area (Å²) in [5, 5.41) is 8.60. The lowest BCUT2D eigenvalue weighted by atomic mass is 10.2. The fourth-order valence-electron chi connectivity index (χ4n) is 1.35. The number of halogens is 1. The minimum atomic E-state index is -0.846. The Labute approximate surface area is 107 Å². The lowest BCUT2D eigenvalue weighted by molar-refractivity contribution is -0.136. The molecule has 3 N–H and O–H groups in total. The second kappa shape index (κ2) is 5.67. The van der Waals surface area contributed by atoms with Gasteiger partial charge in [0.1, 0.15) is 0 Å². The lowest BCUT2D eigenvalue weighted by Crippen LogP contribution is -2.21. The average molecular weight is 301 g/mol. The number of rotatable bonds is 5. The maximum absolute atomic E-state index is 11.0. The van der Waals surface area contributed by atoms with Gasteiger partial charge in [-0.15, -0.1) is 0 Å². The normalized spacial score (nSPS) is 10.0. The largest absolute Gasteiger partial charge is 0.481 e. The number of amides is 1. The number of hydrogen-bond donors (Lipinski definition) is 2. The fraction of sp³-hybridized carbons (Fsp3) is 0.273. The molecule has 1 amide bonds. The molecule has 0 heterocycles. The Bertz CT molecular complexity index is 448. The number of nitrogens with two attached hydrogens (primary N) is 1. The molecule has 0 saturated carbocycles. The van der Waals surface area contributed by atoms with Gasteiger partial charge in [0.25, 0.3) is 0 Å². The summed E-state index contributed by atoms with van der Waals surface area (Å²) in [7, 11) is 1.78. The van der Waals surface area contributed by atoms with Crippen molar-refractivity contribution in [2.75, 3.05) is 18.5 Å². The Kier molecular flexibility index (Phi) is 4.51. The van der Waals surface area contributed by atoms with Crippen LogP contribution < -0.4 is 10.6 Å². The van der Waals surface area contributed by atoms with E-state index in [1.165, 1.54) is 0 Å². The van der Waals surface area contributed by atoms with Crippen LogP contribution in [0.1, 0.15) is 16.8 Å². The molecule has 0 atom stereocenters. The number of nitrogens with zero attached hydrogens (tertiary/aromatic N) is 1. The molecule has 0 aliphatic carbocycles. The van der Waals surface area contributed by atoms with Gasteiger partial charge < -0.3 is 15.7 Å². The van der Waals surface area contributed by atoms with Crippen molar-refractivity contribution >= 4 is 33.5 Å². The van der Waals surface area contributed by atoms with Crippen LogP contribution in [0.15, 0.2) is 22.7 Å². The monoisotopic (exact) mass is 300 g/mol. The predicted molar refractivity (Wildman–Crippen MR) is 68.2 cm³/mol. The van der Waals surface area contributed by atoms with Crippen molar-refractivity contribution in [1.29, 1.82) is 0 Å². The van der Waals surface area contributed by atoms with E-state index in [0.717, 1.165) is 5.69 Å². The summed E-state index contributed by atoms with van der Waals surface area (Å²) in [6, 6.07) is 4.96. The van der Waals surface area contributed by atoms with Gasteiger partial charge in [-0.2, -0.15) is 0 Å². The Morgan fingerprint density at radius 2 is 2.12 bits per heavy atom. The van der Waals surface area contributed by atoms with Gasteiger partial charge in [-0.05, 0) is 34.1 Å². The maximum Gasteiger partial charge on any atom is 0.305 e.